The molecular weight excluding hydrogens is 240 g/mol. The number of pyridine rings is 1. The van der Waals surface area contributed by atoms with Crippen LogP contribution in [-0.2, 0) is 13.6 Å². The number of aromatic nitrogens is 1. The van der Waals surface area contributed by atoms with Crippen molar-refractivity contribution in [3.63, 3.8) is 0 Å². The van der Waals surface area contributed by atoms with E-state index in [1.807, 2.05) is 12.3 Å². The van der Waals surface area contributed by atoms with Crippen molar-refractivity contribution >= 4 is 0 Å². The molecule has 0 amide bonds. The molecule has 1 saturated carbocycles. The molecule has 2 fully saturated rings. The fourth-order valence-electron chi connectivity index (χ4n) is 3.85. The van der Waals surface area contributed by atoms with E-state index in [2.05, 4.69) is 4.90 Å². The van der Waals surface area contributed by atoms with Crippen LogP contribution in [0.5, 0.6) is 0 Å². The first kappa shape index (κ1) is 12.9. The highest BCUT2D eigenvalue weighted by molar-refractivity contribution is 5.12. The number of aliphatic hydroxyl groups is 1. The molecule has 19 heavy (non-hydrogen) atoms. The second-order valence-electron chi connectivity index (χ2n) is 6.26. The van der Waals surface area contributed by atoms with Crippen LogP contribution >= 0.6 is 0 Å². The minimum absolute atomic E-state index is 0.0498. The molecule has 4 heteroatoms. The Kier molecular flexibility index (Phi) is 3.23. The van der Waals surface area contributed by atoms with Gasteiger partial charge in [-0.3, -0.25) is 9.69 Å². The predicted molar refractivity (Wildman–Crippen MR) is 73.8 cm³/mol. The van der Waals surface area contributed by atoms with Gasteiger partial charge in [0.25, 0.3) is 5.56 Å². The zero-order chi connectivity index (χ0) is 13.5. The molecule has 1 saturated heterocycles. The lowest BCUT2D eigenvalue weighted by atomic mass is 9.82. The van der Waals surface area contributed by atoms with Crippen LogP contribution in [0.1, 0.15) is 24.8 Å². The van der Waals surface area contributed by atoms with Gasteiger partial charge in [-0.1, -0.05) is 6.42 Å². The van der Waals surface area contributed by atoms with Crippen molar-refractivity contribution in [1.29, 1.82) is 0 Å². The van der Waals surface area contributed by atoms with Crippen molar-refractivity contribution in [2.45, 2.75) is 25.8 Å². The molecule has 4 nitrogen and oxygen atoms in total. The van der Waals surface area contributed by atoms with Crippen LogP contribution in [0.25, 0.3) is 0 Å². The third-order valence-corrected chi connectivity index (χ3v) is 5.00. The van der Waals surface area contributed by atoms with Gasteiger partial charge in [-0.15, -0.1) is 0 Å². The largest absolute Gasteiger partial charge is 0.396 e. The number of aryl methyl sites for hydroxylation is 1. The van der Waals surface area contributed by atoms with Crippen molar-refractivity contribution in [3.05, 3.63) is 34.2 Å². The highest BCUT2D eigenvalue weighted by atomic mass is 16.3. The second kappa shape index (κ2) is 4.76. The monoisotopic (exact) mass is 262 g/mol. The molecular formula is C15H22N2O2. The van der Waals surface area contributed by atoms with Crippen LogP contribution in [0.15, 0.2) is 23.1 Å². The van der Waals surface area contributed by atoms with Gasteiger partial charge in [-0.05, 0) is 30.4 Å². The van der Waals surface area contributed by atoms with E-state index in [0.29, 0.717) is 12.5 Å². The number of hydrogen-bond donors (Lipinski definition) is 1. The Morgan fingerprint density at radius 2 is 2.37 bits per heavy atom. The predicted octanol–water partition coefficient (Wildman–Crippen LogP) is 0.980. The first-order chi connectivity index (χ1) is 9.13. The Bertz CT molecular complexity index is 525. The van der Waals surface area contributed by atoms with Gasteiger partial charge in [-0.25, -0.2) is 0 Å². The van der Waals surface area contributed by atoms with Gasteiger partial charge in [0.1, 0.15) is 0 Å². The van der Waals surface area contributed by atoms with Crippen molar-refractivity contribution < 1.29 is 5.11 Å². The third kappa shape index (κ3) is 2.23. The van der Waals surface area contributed by atoms with Gasteiger partial charge in [0.05, 0.1) is 6.61 Å². The number of hydrogen-bond acceptors (Lipinski definition) is 3. The number of fused-ring (bicyclic) bond motifs is 1. The van der Waals surface area contributed by atoms with Gasteiger partial charge in [0, 0.05) is 44.4 Å². The minimum Gasteiger partial charge on any atom is -0.396 e. The SMILES string of the molecule is Cn1ccc(CN2CC3CCCC3(CO)C2)cc1=O. The van der Waals surface area contributed by atoms with E-state index in [9.17, 15) is 9.90 Å². The molecule has 104 valence electrons. The molecule has 2 unspecified atom stereocenters. The fraction of sp³-hybridized carbons (Fsp3) is 0.667. The Morgan fingerprint density at radius 3 is 3.05 bits per heavy atom. The molecule has 1 aliphatic heterocycles. The van der Waals surface area contributed by atoms with Crippen molar-refractivity contribution in [2.24, 2.45) is 18.4 Å². The van der Waals surface area contributed by atoms with Crippen LogP contribution in [0, 0.1) is 11.3 Å². The first-order valence-corrected chi connectivity index (χ1v) is 7.12. The van der Waals surface area contributed by atoms with E-state index in [1.54, 1.807) is 17.7 Å². The molecule has 2 heterocycles. The topological polar surface area (TPSA) is 45.5 Å². The summed E-state index contributed by atoms with van der Waals surface area (Å²) in [7, 11) is 1.77. The summed E-state index contributed by atoms with van der Waals surface area (Å²) in [5.41, 5.74) is 1.27. The summed E-state index contributed by atoms with van der Waals surface area (Å²) in [5, 5.41) is 9.71. The van der Waals surface area contributed by atoms with Gasteiger partial charge < -0.3 is 9.67 Å². The van der Waals surface area contributed by atoms with Crippen LogP contribution in [0.3, 0.4) is 0 Å². The molecule has 0 radical (unpaired) electrons. The molecule has 2 aliphatic rings. The molecule has 2 atom stereocenters. The summed E-state index contributed by atoms with van der Waals surface area (Å²) in [6, 6.07) is 3.74. The lowest BCUT2D eigenvalue weighted by molar-refractivity contribution is 0.111. The molecule has 1 aromatic heterocycles. The lowest BCUT2D eigenvalue weighted by Gasteiger charge is -2.26. The van der Waals surface area contributed by atoms with Gasteiger partial charge in [0.2, 0.25) is 0 Å². The Balaban J connectivity index is 1.72. The van der Waals surface area contributed by atoms with E-state index < -0.39 is 0 Å². The fourth-order valence-corrected chi connectivity index (χ4v) is 3.85. The summed E-state index contributed by atoms with van der Waals surface area (Å²) in [6.45, 7) is 3.18. The Morgan fingerprint density at radius 1 is 1.53 bits per heavy atom. The van der Waals surface area contributed by atoms with E-state index in [-0.39, 0.29) is 11.0 Å². The zero-order valence-electron chi connectivity index (χ0n) is 11.5. The van der Waals surface area contributed by atoms with Gasteiger partial charge in [0.15, 0.2) is 0 Å². The summed E-state index contributed by atoms with van der Waals surface area (Å²) >= 11 is 0. The molecule has 0 spiro atoms. The highest BCUT2D eigenvalue weighted by Crippen LogP contribution is 2.48. The second-order valence-corrected chi connectivity index (χ2v) is 6.26. The van der Waals surface area contributed by atoms with Crippen LogP contribution < -0.4 is 5.56 Å². The van der Waals surface area contributed by atoms with E-state index >= 15 is 0 Å². The van der Waals surface area contributed by atoms with Crippen LogP contribution in [0.2, 0.25) is 0 Å². The number of rotatable bonds is 3. The quantitative estimate of drug-likeness (QED) is 0.883. The average molecular weight is 262 g/mol. The maximum absolute atomic E-state index is 11.6. The summed E-state index contributed by atoms with van der Waals surface area (Å²) < 4.78 is 1.59. The molecule has 0 aromatic carbocycles. The van der Waals surface area contributed by atoms with E-state index in [4.69, 9.17) is 0 Å². The minimum atomic E-state index is 0.0498. The Hall–Kier alpha value is -1.13. The average Bonchev–Trinajstić information content (AvgIpc) is 2.90. The summed E-state index contributed by atoms with van der Waals surface area (Å²) in [5.74, 6) is 0.643. The maximum Gasteiger partial charge on any atom is 0.250 e. The summed E-state index contributed by atoms with van der Waals surface area (Å²) in [4.78, 5) is 14.0. The molecule has 3 rings (SSSR count). The molecule has 1 N–H and O–H groups in total. The van der Waals surface area contributed by atoms with Crippen molar-refractivity contribution in [2.75, 3.05) is 19.7 Å². The zero-order valence-corrected chi connectivity index (χ0v) is 11.5. The highest BCUT2D eigenvalue weighted by Gasteiger charge is 2.48. The molecule has 1 aromatic rings. The van der Waals surface area contributed by atoms with Crippen molar-refractivity contribution in [1.82, 2.24) is 9.47 Å². The smallest absolute Gasteiger partial charge is 0.250 e. The standard InChI is InChI=1S/C15H22N2O2/c1-16-6-4-12(7-14(16)19)8-17-9-13-3-2-5-15(13,10-17)11-18/h4,6-7,13,18H,2-3,5,8-11H2,1H3. The normalized spacial score (nSPS) is 30.7. The van der Waals surface area contributed by atoms with E-state index in [0.717, 1.165) is 31.6 Å². The molecule has 1 aliphatic carbocycles. The summed E-state index contributed by atoms with van der Waals surface area (Å²) in [6.07, 6.45) is 5.48. The third-order valence-electron chi connectivity index (χ3n) is 5.00. The Labute approximate surface area is 113 Å². The number of likely N-dealkylation sites (tertiary alicyclic amines) is 1. The number of aliphatic hydroxyl groups excluding tert-OH is 1. The van der Waals surface area contributed by atoms with Crippen LogP contribution in [0.4, 0.5) is 0 Å². The lowest BCUT2D eigenvalue weighted by Crippen LogP contribution is -2.31. The maximum atomic E-state index is 11.6. The van der Waals surface area contributed by atoms with Crippen LogP contribution in [-0.4, -0.2) is 34.3 Å². The number of nitrogens with zero attached hydrogens (tertiary/aromatic N) is 2. The molecule has 0 bridgehead atoms. The van der Waals surface area contributed by atoms with Gasteiger partial charge in [-0.2, -0.15) is 0 Å². The van der Waals surface area contributed by atoms with Crippen molar-refractivity contribution in [3.8, 4) is 0 Å². The van der Waals surface area contributed by atoms with E-state index in [1.165, 1.54) is 12.8 Å². The first-order valence-electron chi connectivity index (χ1n) is 7.12. The van der Waals surface area contributed by atoms with Gasteiger partial charge >= 0.3 is 0 Å².